The lowest BCUT2D eigenvalue weighted by Gasteiger charge is -2.06. The van der Waals surface area contributed by atoms with Gasteiger partial charge in [0.2, 0.25) is 0 Å². The highest BCUT2D eigenvalue weighted by Gasteiger charge is 2.16. The number of esters is 1. The average molecular weight is 333 g/mol. The van der Waals surface area contributed by atoms with Crippen LogP contribution < -0.4 is 10.1 Å². The summed E-state index contributed by atoms with van der Waals surface area (Å²) >= 11 is 1.20. The van der Waals surface area contributed by atoms with E-state index in [0.29, 0.717) is 22.2 Å². The molecule has 1 heterocycles. The summed E-state index contributed by atoms with van der Waals surface area (Å²) in [5, 5.41) is 3.33. The van der Waals surface area contributed by atoms with Crippen molar-refractivity contribution in [1.82, 2.24) is 0 Å². The first-order valence-electron chi connectivity index (χ1n) is 7.26. The van der Waals surface area contributed by atoms with Gasteiger partial charge in [0, 0.05) is 0 Å². The fraction of sp³-hybridized carbons (Fsp3) is 0.294. The van der Waals surface area contributed by atoms with Gasteiger partial charge < -0.3 is 14.8 Å². The Bertz CT molecular complexity index is 691. The van der Waals surface area contributed by atoms with Crippen molar-refractivity contribution in [1.29, 1.82) is 0 Å². The number of hydrogen-bond donors (Lipinski definition) is 1. The number of amides is 1. The van der Waals surface area contributed by atoms with Crippen LogP contribution in [0.5, 0.6) is 5.75 Å². The first-order valence-corrected chi connectivity index (χ1v) is 8.08. The molecule has 6 heteroatoms. The van der Waals surface area contributed by atoms with E-state index in [4.69, 9.17) is 9.47 Å². The molecular weight excluding hydrogens is 314 g/mol. The molecule has 0 fully saturated rings. The minimum absolute atomic E-state index is 0.0885. The Morgan fingerprint density at radius 2 is 1.87 bits per heavy atom. The molecular formula is C17H19NO4S. The van der Waals surface area contributed by atoms with Crippen molar-refractivity contribution in [3.8, 4) is 5.75 Å². The SMILES string of the molecule is CCOC(=O)c1sc(NC(=O)COc2ccc(C)cc2)cc1C. The van der Waals surface area contributed by atoms with Gasteiger partial charge in [-0.1, -0.05) is 17.7 Å². The molecule has 0 bridgehead atoms. The first-order chi connectivity index (χ1) is 11.0. The molecule has 1 aromatic heterocycles. The summed E-state index contributed by atoms with van der Waals surface area (Å²) in [6.45, 7) is 5.78. The molecule has 0 unspecified atom stereocenters. The van der Waals surface area contributed by atoms with Crippen molar-refractivity contribution >= 4 is 28.2 Å². The van der Waals surface area contributed by atoms with Crippen LogP contribution in [0.15, 0.2) is 30.3 Å². The molecule has 0 atom stereocenters. The standard InChI is InChI=1S/C17H19NO4S/c1-4-21-17(20)16-12(3)9-15(23-16)18-14(19)10-22-13-7-5-11(2)6-8-13/h5-9H,4,10H2,1-3H3,(H,18,19). The van der Waals surface area contributed by atoms with Gasteiger partial charge in [0.15, 0.2) is 6.61 Å². The molecule has 0 aliphatic rings. The van der Waals surface area contributed by atoms with E-state index in [1.54, 1.807) is 19.9 Å². The average Bonchev–Trinajstić information content (AvgIpc) is 2.87. The Hall–Kier alpha value is -2.34. The van der Waals surface area contributed by atoms with E-state index in [9.17, 15) is 9.59 Å². The summed E-state index contributed by atoms with van der Waals surface area (Å²) in [5.41, 5.74) is 1.91. The number of ether oxygens (including phenoxy) is 2. The van der Waals surface area contributed by atoms with Crippen LogP contribution in [0.1, 0.15) is 27.7 Å². The predicted molar refractivity (Wildman–Crippen MR) is 90.3 cm³/mol. The first kappa shape index (κ1) is 17.0. The number of aryl methyl sites for hydroxylation is 2. The number of anilines is 1. The van der Waals surface area contributed by atoms with Crippen LogP contribution in [0, 0.1) is 13.8 Å². The van der Waals surface area contributed by atoms with Gasteiger partial charge in [0.25, 0.3) is 5.91 Å². The van der Waals surface area contributed by atoms with Gasteiger partial charge >= 0.3 is 5.97 Å². The number of rotatable bonds is 6. The number of benzene rings is 1. The topological polar surface area (TPSA) is 64.6 Å². The molecule has 1 N–H and O–H groups in total. The quantitative estimate of drug-likeness (QED) is 0.821. The molecule has 23 heavy (non-hydrogen) atoms. The smallest absolute Gasteiger partial charge is 0.348 e. The molecule has 0 aliphatic heterocycles. The maximum atomic E-state index is 11.9. The molecule has 5 nitrogen and oxygen atoms in total. The Kier molecular flexibility index (Phi) is 5.76. The van der Waals surface area contributed by atoms with Crippen LogP contribution >= 0.6 is 11.3 Å². The number of carbonyl (C=O) groups is 2. The summed E-state index contributed by atoms with van der Waals surface area (Å²) in [4.78, 5) is 24.2. The zero-order chi connectivity index (χ0) is 16.8. The van der Waals surface area contributed by atoms with Gasteiger partial charge in [0.05, 0.1) is 11.6 Å². The van der Waals surface area contributed by atoms with Crippen LogP contribution in [-0.2, 0) is 9.53 Å². The number of nitrogens with one attached hydrogen (secondary N) is 1. The molecule has 0 aliphatic carbocycles. The fourth-order valence-electron chi connectivity index (χ4n) is 1.90. The second kappa shape index (κ2) is 7.78. The molecule has 0 saturated carbocycles. The highest BCUT2D eigenvalue weighted by atomic mass is 32.1. The Balaban J connectivity index is 1.91. The highest BCUT2D eigenvalue weighted by Crippen LogP contribution is 2.27. The summed E-state index contributed by atoms with van der Waals surface area (Å²) in [6, 6.07) is 9.22. The molecule has 122 valence electrons. The van der Waals surface area contributed by atoms with Crippen molar-refractivity contribution in [2.75, 3.05) is 18.5 Å². The molecule has 2 aromatic rings. The van der Waals surface area contributed by atoms with Crippen LogP contribution in [0.25, 0.3) is 0 Å². The van der Waals surface area contributed by atoms with Gasteiger partial charge in [0.1, 0.15) is 10.6 Å². The Morgan fingerprint density at radius 3 is 2.52 bits per heavy atom. The van der Waals surface area contributed by atoms with Crippen molar-refractivity contribution in [2.24, 2.45) is 0 Å². The predicted octanol–water partition coefficient (Wildman–Crippen LogP) is 3.56. The van der Waals surface area contributed by atoms with E-state index >= 15 is 0 Å². The van der Waals surface area contributed by atoms with E-state index in [-0.39, 0.29) is 18.5 Å². The minimum Gasteiger partial charge on any atom is -0.484 e. The van der Waals surface area contributed by atoms with Crippen molar-refractivity contribution in [3.05, 3.63) is 46.3 Å². The van der Waals surface area contributed by atoms with Crippen molar-refractivity contribution in [3.63, 3.8) is 0 Å². The fourth-order valence-corrected chi connectivity index (χ4v) is 2.88. The maximum absolute atomic E-state index is 11.9. The number of hydrogen-bond acceptors (Lipinski definition) is 5. The molecule has 0 saturated heterocycles. The van der Waals surface area contributed by atoms with Crippen molar-refractivity contribution < 1.29 is 19.1 Å². The lowest BCUT2D eigenvalue weighted by atomic mass is 10.2. The van der Waals surface area contributed by atoms with Crippen LogP contribution in [-0.4, -0.2) is 25.1 Å². The summed E-state index contributed by atoms with van der Waals surface area (Å²) in [7, 11) is 0. The molecule has 2 rings (SSSR count). The van der Waals surface area contributed by atoms with Crippen LogP contribution in [0.2, 0.25) is 0 Å². The molecule has 0 spiro atoms. The molecule has 1 aromatic carbocycles. The maximum Gasteiger partial charge on any atom is 0.348 e. The zero-order valence-corrected chi connectivity index (χ0v) is 14.2. The van der Waals surface area contributed by atoms with Gasteiger partial charge in [-0.2, -0.15) is 0 Å². The largest absolute Gasteiger partial charge is 0.484 e. The number of carbonyl (C=O) groups excluding carboxylic acids is 2. The summed E-state index contributed by atoms with van der Waals surface area (Å²) < 4.78 is 10.4. The zero-order valence-electron chi connectivity index (χ0n) is 13.3. The van der Waals surface area contributed by atoms with E-state index in [1.807, 2.05) is 31.2 Å². The van der Waals surface area contributed by atoms with Crippen molar-refractivity contribution in [2.45, 2.75) is 20.8 Å². The van der Waals surface area contributed by atoms with Crippen LogP contribution in [0.4, 0.5) is 5.00 Å². The van der Waals surface area contributed by atoms with Gasteiger partial charge in [-0.15, -0.1) is 11.3 Å². The summed E-state index contributed by atoms with van der Waals surface area (Å²) in [5.74, 6) is -0.00559. The molecule has 0 radical (unpaired) electrons. The normalized spacial score (nSPS) is 10.2. The van der Waals surface area contributed by atoms with Gasteiger partial charge in [-0.05, 0) is 44.5 Å². The third-order valence-electron chi connectivity index (χ3n) is 3.03. The Labute approximate surface area is 139 Å². The van der Waals surface area contributed by atoms with E-state index in [0.717, 1.165) is 11.1 Å². The third-order valence-corrected chi connectivity index (χ3v) is 4.16. The second-order valence-electron chi connectivity index (χ2n) is 4.99. The van der Waals surface area contributed by atoms with E-state index in [2.05, 4.69) is 5.32 Å². The lowest BCUT2D eigenvalue weighted by Crippen LogP contribution is -2.19. The number of thiophene rings is 1. The van der Waals surface area contributed by atoms with Gasteiger partial charge in [-0.3, -0.25) is 4.79 Å². The highest BCUT2D eigenvalue weighted by molar-refractivity contribution is 7.18. The minimum atomic E-state index is -0.369. The Morgan fingerprint density at radius 1 is 1.17 bits per heavy atom. The monoisotopic (exact) mass is 333 g/mol. The summed E-state index contributed by atoms with van der Waals surface area (Å²) in [6.07, 6.45) is 0. The van der Waals surface area contributed by atoms with E-state index < -0.39 is 0 Å². The third kappa shape index (κ3) is 4.82. The van der Waals surface area contributed by atoms with E-state index in [1.165, 1.54) is 11.3 Å². The molecule has 1 amide bonds. The van der Waals surface area contributed by atoms with Crippen LogP contribution in [0.3, 0.4) is 0 Å². The van der Waals surface area contributed by atoms with Gasteiger partial charge in [-0.25, -0.2) is 4.79 Å². The second-order valence-corrected chi connectivity index (χ2v) is 6.05. The lowest BCUT2D eigenvalue weighted by molar-refractivity contribution is -0.118.